The second-order valence-electron chi connectivity index (χ2n) is 10.4. The molecule has 7 heteroatoms. The molecular formula is C38H30N2O5. The first-order chi connectivity index (χ1) is 21.9. The van der Waals surface area contributed by atoms with Crippen LogP contribution in [0.5, 0.6) is 5.75 Å². The summed E-state index contributed by atoms with van der Waals surface area (Å²) in [6.07, 6.45) is 0. The van der Waals surface area contributed by atoms with Crippen molar-refractivity contribution in [2.24, 2.45) is 0 Å². The first-order valence-corrected chi connectivity index (χ1v) is 14.6. The smallest absolute Gasteiger partial charge is 0.345 e. The van der Waals surface area contributed by atoms with Crippen LogP contribution in [0.3, 0.4) is 0 Å². The van der Waals surface area contributed by atoms with E-state index in [9.17, 15) is 14.4 Å². The molecule has 0 fully saturated rings. The fourth-order valence-electron chi connectivity index (χ4n) is 5.40. The average Bonchev–Trinajstić information content (AvgIpc) is 3.36. The van der Waals surface area contributed by atoms with Gasteiger partial charge in [0.1, 0.15) is 5.75 Å². The molecule has 1 heterocycles. The third-order valence-corrected chi connectivity index (χ3v) is 7.53. The summed E-state index contributed by atoms with van der Waals surface area (Å²) in [7, 11) is 0. The Kier molecular flexibility index (Phi) is 8.24. The minimum Gasteiger partial charge on any atom is -0.462 e. The summed E-state index contributed by atoms with van der Waals surface area (Å²) in [5.74, 6) is -1.21. The van der Waals surface area contributed by atoms with Crippen molar-refractivity contribution in [3.63, 3.8) is 0 Å². The van der Waals surface area contributed by atoms with Gasteiger partial charge in [0.15, 0.2) is 0 Å². The lowest BCUT2D eigenvalue weighted by atomic mass is 10.0. The highest BCUT2D eigenvalue weighted by Crippen LogP contribution is 2.33. The van der Waals surface area contributed by atoms with Crippen molar-refractivity contribution in [3.8, 4) is 22.6 Å². The lowest BCUT2D eigenvalue weighted by Gasteiger charge is -2.12. The first-order valence-electron chi connectivity index (χ1n) is 14.6. The number of amides is 1. The van der Waals surface area contributed by atoms with Gasteiger partial charge in [-0.15, -0.1) is 0 Å². The average molecular weight is 595 g/mol. The Bertz CT molecular complexity index is 2010. The molecule has 0 atom stereocenters. The standard InChI is InChI=1S/C38H30N2O5/c1-3-44-38(43)35-25(2)40(29-14-8-5-9-15-29)34-23-22-30(24-32(34)35)45-37(42)31-16-10-11-17-33(31)39-36(41)28-20-18-27(19-21-28)26-12-6-4-7-13-26/h4-24H,3H2,1-2H3,(H,39,41). The van der Waals surface area contributed by atoms with Gasteiger partial charge in [-0.3, -0.25) is 4.79 Å². The van der Waals surface area contributed by atoms with Crippen LogP contribution in [0.4, 0.5) is 5.69 Å². The maximum atomic E-state index is 13.4. The van der Waals surface area contributed by atoms with Crippen LogP contribution in [0.1, 0.15) is 43.7 Å². The maximum Gasteiger partial charge on any atom is 0.345 e. The van der Waals surface area contributed by atoms with Gasteiger partial charge in [-0.2, -0.15) is 0 Å². The van der Waals surface area contributed by atoms with Crippen molar-refractivity contribution in [3.05, 3.63) is 150 Å². The highest BCUT2D eigenvalue weighted by molar-refractivity contribution is 6.09. The molecule has 1 N–H and O–H groups in total. The largest absolute Gasteiger partial charge is 0.462 e. The van der Waals surface area contributed by atoms with Crippen molar-refractivity contribution in [2.45, 2.75) is 13.8 Å². The first kappa shape index (κ1) is 29.1. The van der Waals surface area contributed by atoms with Crippen molar-refractivity contribution in [2.75, 3.05) is 11.9 Å². The zero-order chi connectivity index (χ0) is 31.3. The van der Waals surface area contributed by atoms with Crippen molar-refractivity contribution in [1.29, 1.82) is 0 Å². The van der Waals surface area contributed by atoms with Gasteiger partial charge < -0.3 is 19.4 Å². The Morgan fingerprint density at radius 1 is 0.711 bits per heavy atom. The van der Waals surface area contributed by atoms with Gasteiger partial charge >= 0.3 is 11.9 Å². The Hall–Kier alpha value is -5.95. The number of esters is 2. The minimum atomic E-state index is -0.651. The number of nitrogens with one attached hydrogen (secondary N) is 1. The van der Waals surface area contributed by atoms with E-state index in [1.807, 2.05) is 90.4 Å². The number of nitrogens with zero attached hydrogens (tertiary/aromatic N) is 1. The predicted octanol–water partition coefficient (Wildman–Crippen LogP) is 8.25. The summed E-state index contributed by atoms with van der Waals surface area (Å²) in [6, 6.07) is 38.7. The lowest BCUT2D eigenvalue weighted by molar-refractivity contribution is 0.0527. The molecule has 0 saturated heterocycles. The number of carbonyl (C=O) groups excluding carboxylic acids is 3. The molecule has 45 heavy (non-hydrogen) atoms. The molecule has 6 rings (SSSR count). The summed E-state index contributed by atoms with van der Waals surface area (Å²) in [6.45, 7) is 3.84. The fourth-order valence-corrected chi connectivity index (χ4v) is 5.40. The molecular weight excluding hydrogens is 564 g/mol. The normalized spacial score (nSPS) is 10.8. The quantitative estimate of drug-likeness (QED) is 0.142. The summed E-state index contributed by atoms with van der Waals surface area (Å²) in [5, 5.41) is 3.44. The molecule has 0 radical (unpaired) electrons. The number of para-hydroxylation sites is 2. The molecule has 5 aromatic carbocycles. The van der Waals surface area contributed by atoms with E-state index in [4.69, 9.17) is 9.47 Å². The van der Waals surface area contributed by atoms with E-state index in [1.165, 1.54) is 0 Å². The number of rotatable bonds is 8. The molecule has 0 aliphatic carbocycles. The Labute approximate surface area is 260 Å². The summed E-state index contributed by atoms with van der Waals surface area (Å²) in [4.78, 5) is 39.6. The summed E-state index contributed by atoms with van der Waals surface area (Å²) in [5.41, 5.74) is 5.78. The van der Waals surface area contributed by atoms with Crippen LogP contribution in [0.2, 0.25) is 0 Å². The second kappa shape index (κ2) is 12.7. The Morgan fingerprint density at radius 3 is 2.07 bits per heavy atom. The van der Waals surface area contributed by atoms with Crippen LogP contribution in [-0.2, 0) is 4.74 Å². The molecule has 0 aliphatic rings. The third kappa shape index (κ3) is 5.96. The van der Waals surface area contributed by atoms with Gasteiger partial charge in [0, 0.05) is 22.3 Å². The topological polar surface area (TPSA) is 86.6 Å². The molecule has 0 saturated carbocycles. The van der Waals surface area contributed by atoms with Crippen molar-refractivity contribution in [1.82, 2.24) is 4.57 Å². The van der Waals surface area contributed by atoms with E-state index >= 15 is 0 Å². The highest BCUT2D eigenvalue weighted by Gasteiger charge is 2.23. The lowest BCUT2D eigenvalue weighted by Crippen LogP contribution is -2.17. The van der Waals surface area contributed by atoms with Gasteiger partial charge in [-0.25, -0.2) is 9.59 Å². The van der Waals surface area contributed by atoms with Gasteiger partial charge in [-0.05, 0) is 79.6 Å². The van der Waals surface area contributed by atoms with Crippen molar-refractivity contribution >= 4 is 34.4 Å². The second-order valence-corrected chi connectivity index (χ2v) is 10.4. The van der Waals surface area contributed by atoms with Gasteiger partial charge in [0.2, 0.25) is 0 Å². The molecule has 0 aliphatic heterocycles. The number of hydrogen-bond acceptors (Lipinski definition) is 5. The zero-order valence-electron chi connectivity index (χ0n) is 24.8. The van der Waals surface area contributed by atoms with E-state index < -0.39 is 11.9 Å². The minimum absolute atomic E-state index is 0.190. The fraction of sp³-hybridized carbons (Fsp3) is 0.0789. The third-order valence-electron chi connectivity index (χ3n) is 7.53. The van der Waals surface area contributed by atoms with Crippen LogP contribution in [0.15, 0.2) is 127 Å². The van der Waals surface area contributed by atoms with E-state index in [2.05, 4.69) is 5.32 Å². The van der Waals surface area contributed by atoms with Crippen LogP contribution in [0.25, 0.3) is 27.7 Å². The van der Waals surface area contributed by atoms with Crippen LogP contribution in [0, 0.1) is 6.92 Å². The Morgan fingerprint density at radius 2 is 1.36 bits per heavy atom. The van der Waals surface area contributed by atoms with E-state index in [0.29, 0.717) is 27.9 Å². The monoisotopic (exact) mass is 594 g/mol. The number of fused-ring (bicyclic) bond motifs is 1. The van der Waals surface area contributed by atoms with Gasteiger partial charge in [-0.1, -0.05) is 72.8 Å². The van der Waals surface area contributed by atoms with Crippen LogP contribution in [-0.4, -0.2) is 29.0 Å². The van der Waals surface area contributed by atoms with Crippen LogP contribution < -0.4 is 10.1 Å². The zero-order valence-corrected chi connectivity index (χ0v) is 24.8. The van der Waals surface area contributed by atoms with Crippen LogP contribution >= 0.6 is 0 Å². The molecule has 0 spiro atoms. The molecule has 7 nitrogen and oxygen atoms in total. The van der Waals surface area contributed by atoms with E-state index in [1.54, 1.807) is 55.5 Å². The number of benzene rings is 5. The maximum absolute atomic E-state index is 13.4. The summed E-state index contributed by atoms with van der Waals surface area (Å²) >= 11 is 0. The van der Waals surface area contributed by atoms with E-state index in [0.717, 1.165) is 22.3 Å². The Balaban J connectivity index is 1.27. The van der Waals surface area contributed by atoms with Gasteiger partial charge in [0.05, 0.1) is 28.9 Å². The number of ether oxygens (including phenoxy) is 2. The molecule has 1 amide bonds. The molecule has 6 aromatic rings. The molecule has 1 aromatic heterocycles. The number of hydrogen-bond donors (Lipinski definition) is 1. The van der Waals surface area contributed by atoms with E-state index in [-0.39, 0.29) is 23.8 Å². The number of aromatic nitrogens is 1. The highest BCUT2D eigenvalue weighted by atomic mass is 16.5. The number of carbonyl (C=O) groups is 3. The molecule has 0 bridgehead atoms. The predicted molar refractivity (Wildman–Crippen MR) is 175 cm³/mol. The summed E-state index contributed by atoms with van der Waals surface area (Å²) < 4.78 is 13.2. The molecule has 0 unspecified atom stereocenters. The molecule has 222 valence electrons. The SMILES string of the molecule is CCOC(=O)c1c(C)n(-c2ccccc2)c2ccc(OC(=O)c3ccccc3NC(=O)c3ccc(-c4ccccc4)cc3)cc12. The van der Waals surface area contributed by atoms with Crippen molar-refractivity contribution < 1.29 is 23.9 Å². The number of anilines is 1. The van der Waals surface area contributed by atoms with Gasteiger partial charge in [0.25, 0.3) is 5.91 Å².